The van der Waals surface area contributed by atoms with Gasteiger partial charge in [0, 0.05) is 24.5 Å². The Bertz CT molecular complexity index is 1260. The maximum atomic E-state index is 13.4. The Morgan fingerprint density at radius 1 is 1.16 bits per heavy atom. The molecule has 2 N–H and O–H groups in total. The van der Waals surface area contributed by atoms with Gasteiger partial charge in [0.25, 0.3) is 5.91 Å². The molecule has 4 rings (SSSR count). The van der Waals surface area contributed by atoms with Gasteiger partial charge in [-0.15, -0.1) is 5.10 Å². The standard InChI is InChI=1S/C20H18F2N4O4S/c21-14-7-12(8-15(22)10-14)11-23-20(28)17-16(26-5-1-2-6-31(26,29)30)9-13-3-4-24-25-18(13)19(17)27/h3-4,7-10,27H,1-2,5-6,11H2,(H,23,28). The first kappa shape index (κ1) is 20.9. The van der Waals surface area contributed by atoms with Crippen LogP contribution in [0.1, 0.15) is 28.8 Å². The number of aromatic hydroxyl groups is 1. The Morgan fingerprint density at radius 3 is 2.61 bits per heavy atom. The molecule has 0 atom stereocenters. The minimum Gasteiger partial charge on any atom is -0.505 e. The summed E-state index contributed by atoms with van der Waals surface area (Å²) >= 11 is 0. The molecule has 1 aliphatic heterocycles. The van der Waals surface area contributed by atoms with Crippen molar-refractivity contribution in [2.24, 2.45) is 0 Å². The summed E-state index contributed by atoms with van der Waals surface area (Å²) in [6.45, 7) is -0.0845. The van der Waals surface area contributed by atoms with E-state index in [0.29, 0.717) is 24.3 Å². The number of rotatable bonds is 4. The van der Waals surface area contributed by atoms with Gasteiger partial charge in [0.1, 0.15) is 22.7 Å². The highest BCUT2D eigenvalue weighted by atomic mass is 32.2. The van der Waals surface area contributed by atoms with Gasteiger partial charge in [-0.05, 0) is 42.7 Å². The molecule has 0 aliphatic carbocycles. The minimum atomic E-state index is -3.69. The number of hydrogen-bond donors (Lipinski definition) is 2. The fourth-order valence-corrected chi connectivity index (χ4v) is 5.21. The average Bonchev–Trinajstić information content (AvgIpc) is 2.71. The number of amides is 1. The molecule has 1 aromatic heterocycles. The summed E-state index contributed by atoms with van der Waals surface area (Å²) in [5.41, 5.74) is -0.0864. The molecule has 1 amide bonds. The van der Waals surface area contributed by atoms with Crippen molar-refractivity contribution in [3.63, 3.8) is 0 Å². The highest BCUT2D eigenvalue weighted by Crippen LogP contribution is 2.37. The Hall–Kier alpha value is -3.34. The molecule has 2 heterocycles. The van der Waals surface area contributed by atoms with Crippen LogP contribution in [0.4, 0.5) is 14.5 Å². The quantitative estimate of drug-likeness (QED) is 0.634. The monoisotopic (exact) mass is 448 g/mol. The molecule has 0 saturated carbocycles. The van der Waals surface area contributed by atoms with Gasteiger partial charge < -0.3 is 10.4 Å². The number of phenols is 1. The molecule has 11 heteroatoms. The van der Waals surface area contributed by atoms with Crippen LogP contribution in [0.15, 0.2) is 36.5 Å². The molecular formula is C20H18F2N4O4S. The number of carbonyl (C=O) groups is 1. The minimum absolute atomic E-state index is 0.0145. The third-order valence-corrected chi connectivity index (χ3v) is 6.84. The lowest BCUT2D eigenvalue weighted by atomic mass is 10.1. The second kappa shape index (κ2) is 8.06. The zero-order valence-electron chi connectivity index (χ0n) is 16.2. The van der Waals surface area contributed by atoms with E-state index >= 15 is 0 Å². The van der Waals surface area contributed by atoms with E-state index in [1.165, 1.54) is 12.3 Å². The summed E-state index contributed by atoms with van der Waals surface area (Å²) in [6.07, 6.45) is 2.47. The summed E-state index contributed by atoms with van der Waals surface area (Å²) in [7, 11) is -3.69. The molecule has 2 aromatic carbocycles. The van der Waals surface area contributed by atoms with Gasteiger partial charge in [-0.25, -0.2) is 17.2 Å². The Balaban J connectivity index is 1.77. The lowest BCUT2D eigenvalue weighted by Crippen LogP contribution is -2.39. The molecule has 1 saturated heterocycles. The van der Waals surface area contributed by atoms with Gasteiger partial charge in [-0.3, -0.25) is 9.10 Å². The second-order valence-corrected chi connectivity index (χ2v) is 9.16. The van der Waals surface area contributed by atoms with Crippen molar-refractivity contribution < 1.29 is 27.1 Å². The molecule has 8 nitrogen and oxygen atoms in total. The van der Waals surface area contributed by atoms with Crippen molar-refractivity contribution in [2.45, 2.75) is 19.4 Å². The first-order chi connectivity index (χ1) is 14.8. The molecule has 1 aliphatic rings. The second-order valence-electron chi connectivity index (χ2n) is 7.14. The number of sulfonamides is 1. The number of aromatic nitrogens is 2. The zero-order valence-corrected chi connectivity index (χ0v) is 17.0. The number of benzene rings is 2. The van der Waals surface area contributed by atoms with Gasteiger partial charge >= 0.3 is 0 Å². The number of nitrogens with zero attached hydrogens (tertiary/aromatic N) is 3. The zero-order chi connectivity index (χ0) is 22.2. The number of fused-ring (bicyclic) bond motifs is 1. The van der Waals surface area contributed by atoms with E-state index in [1.807, 2.05) is 0 Å². The van der Waals surface area contributed by atoms with E-state index in [2.05, 4.69) is 15.5 Å². The summed E-state index contributed by atoms with van der Waals surface area (Å²) < 4.78 is 53.3. The number of anilines is 1. The van der Waals surface area contributed by atoms with E-state index in [1.54, 1.807) is 6.07 Å². The van der Waals surface area contributed by atoms with Crippen LogP contribution < -0.4 is 9.62 Å². The summed E-state index contributed by atoms with van der Waals surface area (Å²) in [5.74, 6) is -3.01. The maximum Gasteiger partial charge on any atom is 0.257 e. The van der Waals surface area contributed by atoms with Gasteiger partial charge in [0.05, 0.1) is 17.6 Å². The Kier molecular flexibility index (Phi) is 5.44. The topological polar surface area (TPSA) is 112 Å². The fourth-order valence-electron chi connectivity index (χ4n) is 3.56. The highest BCUT2D eigenvalue weighted by Gasteiger charge is 2.32. The lowest BCUT2D eigenvalue weighted by molar-refractivity contribution is 0.0949. The molecule has 0 bridgehead atoms. The maximum absolute atomic E-state index is 13.4. The molecule has 31 heavy (non-hydrogen) atoms. The normalized spacial score (nSPS) is 15.7. The average molecular weight is 448 g/mol. The third-order valence-electron chi connectivity index (χ3n) is 4.98. The predicted molar refractivity (Wildman–Crippen MR) is 109 cm³/mol. The van der Waals surface area contributed by atoms with Crippen molar-refractivity contribution in [1.29, 1.82) is 0 Å². The van der Waals surface area contributed by atoms with E-state index in [4.69, 9.17) is 0 Å². The number of hydrogen-bond acceptors (Lipinski definition) is 6. The third kappa shape index (κ3) is 4.13. The van der Waals surface area contributed by atoms with E-state index < -0.39 is 33.3 Å². The first-order valence-electron chi connectivity index (χ1n) is 9.47. The van der Waals surface area contributed by atoms with Crippen molar-refractivity contribution in [2.75, 3.05) is 16.6 Å². The van der Waals surface area contributed by atoms with Crippen LogP contribution >= 0.6 is 0 Å². The van der Waals surface area contributed by atoms with Gasteiger partial charge in [0.15, 0.2) is 5.75 Å². The number of phenolic OH excluding ortho intramolecular Hbond substituents is 1. The number of nitrogens with one attached hydrogen (secondary N) is 1. The molecule has 3 aromatic rings. The molecular weight excluding hydrogens is 430 g/mol. The van der Waals surface area contributed by atoms with Crippen LogP contribution in [0.2, 0.25) is 0 Å². The van der Waals surface area contributed by atoms with E-state index in [0.717, 1.165) is 16.4 Å². The SMILES string of the molecule is O=C(NCc1cc(F)cc(F)c1)c1c(N2CCCCS2(=O)=O)cc2ccnnc2c1O. The first-order valence-corrected chi connectivity index (χ1v) is 11.1. The van der Waals surface area contributed by atoms with E-state index in [9.17, 15) is 27.1 Å². The Labute approximate surface area is 176 Å². The number of halogens is 2. The smallest absolute Gasteiger partial charge is 0.257 e. The van der Waals surface area contributed by atoms with Crippen LogP contribution in [-0.2, 0) is 16.6 Å². The lowest BCUT2D eigenvalue weighted by Gasteiger charge is -2.30. The van der Waals surface area contributed by atoms with Crippen LogP contribution in [0.3, 0.4) is 0 Å². The van der Waals surface area contributed by atoms with Gasteiger partial charge in [-0.1, -0.05) is 0 Å². The predicted octanol–water partition coefficient (Wildman–Crippen LogP) is 2.47. The summed E-state index contributed by atoms with van der Waals surface area (Å²) in [5, 5.41) is 21.2. The summed E-state index contributed by atoms with van der Waals surface area (Å²) in [6, 6.07) is 5.83. The van der Waals surface area contributed by atoms with Crippen LogP contribution in [-0.4, -0.2) is 41.9 Å². The molecule has 0 spiro atoms. The van der Waals surface area contributed by atoms with Gasteiger partial charge in [0.2, 0.25) is 10.0 Å². The van der Waals surface area contributed by atoms with Crippen molar-refractivity contribution in [3.8, 4) is 5.75 Å². The van der Waals surface area contributed by atoms with Crippen LogP contribution in [0, 0.1) is 11.6 Å². The van der Waals surface area contributed by atoms with Crippen LogP contribution in [0.25, 0.3) is 10.9 Å². The Morgan fingerprint density at radius 2 is 1.90 bits per heavy atom. The van der Waals surface area contributed by atoms with E-state index in [-0.39, 0.29) is 41.2 Å². The number of carbonyl (C=O) groups excluding carboxylic acids is 1. The van der Waals surface area contributed by atoms with Gasteiger partial charge in [-0.2, -0.15) is 5.10 Å². The van der Waals surface area contributed by atoms with Crippen molar-refractivity contribution in [3.05, 3.63) is 59.3 Å². The molecule has 162 valence electrons. The van der Waals surface area contributed by atoms with Crippen molar-refractivity contribution in [1.82, 2.24) is 15.5 Å². The van der Waals surface area contributed by atoms with Crippen LogP contribution in [0.5, 0.6) is 5.75 Å². The summed E-state index contributed by atoms with van der Waals surface area (Å²) in [4.78, 5) is 13.0. The molecule has 0 radical (unpaired) electrons. The molecule has 1 fully saturated rings. The largest absolute Gasteiger partial charge is 0.505 e. The fraction of sp³-hybridized carbons (Fsp3) is 0.250. The highest BCUT2D eigenvalue weighted by molar-refractivity contribution is 7.92. The molecule has 0 unspecified atom stereocenters. The van der Waals surface area contributed by atoms with Crippen molar-refractivity contribution >= 4 is 32.5 Å².